The Labute approximate surface area is 98.6 Å². The molecule has 16 heavy (non-hydrogen) atoms. The van der Waals surface area contributed by atoms with Crippen molar-refractivity contribution in [1.29, 1.82) is 0 Å². The lowest BCUT2D eigenvalue weighted by Gasteiger charge is -2.20. The second kappa shape index (κ2) is 4.36. The van der Waals surface area contributed by atoms with Crippen LogP contribution in [0.25, 0.3) is 0 Å². The van der Waals surface area contributed by atoms with Crippen LogP contribution in [0.3, 0.4) is 0 Å². The molecule has 0 radical (unpaired) electrons. The molecule has 0 aromatic carbocycles. The number of likely N-dealkylation sites (tertiary alicyclic amines) is 1. The minimum atomic E-state index is -0.255. The second-order valence-corrected chi connectivity index (χ2v) is 6.34. The highest BCUT2D eigenvalue weighted by Crippen LogP contribution is 2.31. The average Bonchev–Trinajstić information content (AvgIpc) is 2.94. The molecule has 1 unspecified atom stereocenters. The van der Waals surface area contributed by atoms with Crippen LogP contribution in [-0.4, -0.2) is 36.5 Å². The fourth-order valence-electron chi connectivity index (χ4n) is 2.30. The summed E-state index contributed by atoms with van der Waals surface area (Å²) in [6, 6.07) is 0.878. The molecule has 1 saturated carbocycles. The summed E-state index contributed by atoms with van der Waals surface area (Å²) < 4.78 is 0. The first kappa shape index (κ1) is 11.9. The third kappa shape index (κ3) is 2.97. The quantitative estimate of drug-likeness (QED) is 0.790. The number of hydrogen-bond acceptors (Lipinski definition) is 2. The first-order valence-corrected chi connectivity index (χ1v) is 6.49. The standard InChI is InChI=1S/C13H24N2O/c1-13(2,3)12(16)14-8-10-6-7-15(9-10)11-4-5-11/h10-11H,4-9H2,1-3H3,(H,14,16). The van der Waals surface area contributed by atoms with Crippen molar-refractivity contribution in [3.05, 3.63) is 0 Å². The van der Waals surface area contributed by atoms with E-state index in [1.54, 1.807) is 0 Å². The van der Waals surface area contributed by atoms with Gasteiger partial charge in [0.1, 0.15) is 0 Å². The molecule has 1 heterocycles. The summed E-state index contributed by atoms with van der Waals surface area (Å²) in [7, 11) is 0. The van der Waals surface area contributed by atoms with E-state index < -0.39 is 0 Å². The number of rotatable bonds is 3. The molecule has 92 valence electrons. The summed E-state index contributed by atoms with van der Waals surface area (Å²) >= 11 is 0. The minimum Gasteiger partial charge on any atom is -0.355 e. The van der Waals surface area contributed by atoms with Gasteiger partial charge < -0.3 is 10.2 Å². The minimum absolute atomic E-state index is 0.178. The van der Waals surface area contributed by atoms with Gasteiger partial charge in [-0.2, -0.15) is 0 Å². The van der Waals surface area contributed by atoms with Gasteiger partial charge in [0.05, 0.1) is 0 Å². The van der Waals surface area contributed by atoms with Crippen molar-refractivity contribution in [1.82, 2.24) is 10.2 Å². The van der Waals surface area contributed by atoms with Gasteiger partial charge in [0.25, 0.3) is 0 Å². The van der Waals surface area contributed by atoms with Crippen LogP contribution < -0.4 is 5.32 Å². The molecule has 0 spiro atoms. The molecule has 1 N–H and O–H groups in total. The molecule has 0 aromatic heterocycles. The summed E-state index contributed by atoms with van der Waals surface area (Å²) in [5, 5.41) is 3.08. The lowest BCUT2D eigenvalue weighted by molar-refractivity contribution is -0.128. The van der Waals surface area contributed by atoms with Crippen molar-refractivity contribution in [3.8, 4) is 0 Å². The molecule has 1 atom stereocenters. The van der Waals surface area contributed by atoms with Crippen molar-refractivity contribution in [3.63, 3.8) is 0 Å². The van der Waals surface area contributed by atoms with E-state index in [0.717, 1.165) is 12.6 Å². The Kier molecular flexibility index (Phi) is 3.24. The van der Waals surface area contributed by atoms with Gasteiger partial charge in [0.15, 0.2) is 0 Å². The molecule has 0 bridgehead atoms. The van der Waals surface area contributed by atoms with Gasteiger partial charge in [-0.3, -0.25) is 4.79 Å². The highest BCUT2D eigenvalue weighted by atomic mass is 16.2. The maximum Gasteiger partial charge on any atom is 0.225 e. The number of nitrogens with one attached hydrogen (secondary N) is 1. The molecular formula is C13H24N2O. The lowest BCUT2D eigenvalue weighted by atomic mass is 9.95. The topological polar surface area (TPSA) is 32.3 Å². The van der Waals surface area contributed by atoms with Gasteiger partial charge in [-0.15, -0.1) is 0 Å². The second-order valence-electron chi connectivity index (χ2n) is 6.34. The number of carbonyl (C=O) groups is 1. The van der Waals surface area contributed by atoms with Gasteiger partial charge in [-0.05, 0) is 31.7 Å². The molecule has 3 heteroatoms. The molecule has 1 amide bonds. The Bertz CT molecular complexity index is 266. The molecule has 0 aromatic rings. The maximum absolute atomic E-state index is 11.7. The summed E-state index contributed by atoms with van der Waals surface area (Å²) in [5.41, 5.74) is -0.255. The Morgan fingerprint density at radius 2 is 2.00 bits per heavy atom. The van der Waals surface area contributed by atoms with Crippen LogP contribution in [0.1, 0.15) is 40.0 Å². The third-order valence-corrected chi connectivity index (χ3v) is 3.61. The van der Waals surface area contributed by atoms with Crippen LogP contribution in [0.2, 0.25) is 0 Å². The van der Waals surface area contributed by atoms with Crippen LogP contribution in [0.4, 0.5) is 0 Å². The fraction of sp³-hybridized carbons (Fsp3) is 0.923. The molecular weight excluding hydrogens is 200 g/mol. The van der Waals surface area contributed by atoms with Gasteiger partial charge >= 0.3 is 0 Å². The Morgan fingerprint density at radius 1 is 1.31 bits per heavy atom. The Hall–Kier alpha value is -0.570. The first-order chi connectivity index (χ1) is 7.47. The van der Waals surface area contributed by atoms with E-state index in [1.165, 1.54) is 32.4 Å². The summed E-state index contributed by atoms with van der Waals surface area (Å²) in [6.07, 6.45) is 4.03. The Morgan fingerprint density at radius 3 is 2.56 bits per heavy atom. The van der Waals surface area contributed by atoms with Crippen LogP contribution in [0.15, 0.2) is 0 Å². The monoisotopic (exact) mass is 224 g/mol. The van der Waals surface area contributed by atoms with E-state index in [2.05, 4.69) is 10.2 Å². The van der Waals surface area contributed by atoms with Crippen molar-refractivity contribution in [2.75, 3.05) is 19.6 Å². The average molecular weight is 224 g/mol. The zero-order valence-corrected chi connectivity index (χ0v) is 10.8. The lowest BCUT2D eigenvalue weighted by Crippen LogP contribution is -2.38. The molecule has 2 aliphatic rings. The molecule has 3 nitrogen and oxygen atoms in total. The smallest absolute Gasteiger partial charge is 0.225 e. The zero-order chi connectivity index (χ0) is 11.8. The number of amides is 1. The predicted molar refractivity (Wildman–Crippen MR) is 65.2 cm³/mol. The molecule has 2 rings (SSSR count). The largest absolute Gasteiger partial charge is 0.355 e. The van der Waals surface area contributed by atoms with Gasteiger partial charge in [-0.25, -0.2) is 0 Å². The van der Waals surface area contributed by atoms with E-state index >= 15 is 0 Å². The first-order valence-electron chi connectivity index (χ1n) is 6.49. The normalized spacial score (nSPS) is 27.1. The third-order valence-electron chi connectivity index (χ3n) is 3.61. The highest BCUT2D eigenvalue weighted by molar-refractivity contribution is 5.81. The summed E-state index contributed by atoms with van der Waals surface area (Å²) in [6.45, 7) is 9.18. The van der Waals surface area contributed by atoms with Crippen LogP contribution >= 0.6 is 0 Å². The van der Waals surface area contributed by atoms with Crippen LogP contribution in [0.5, 0.6) is 0 Å². The number of nitrogens with zero attached hydrogens (tertiary/aromatic N) is 1. The maximum atomic E-state index is 11.7. The number of carbonyl (C=O) groups excluding carboxylic acids is 1. The van der Waals surface area contributed by atoms with E-state index in [9.17, 15) is 4.79 Å². The van der Waals surface area contributed by atoms with Gasteiger partial charge in [0, 0.05) is 24.5 Å². The van der Waals surface area contributed by atoms with Crippen molar-refractivity contribution >= 4 is 5.91 Å². The van der Waals surface area contributed by atoms with E-state index in [4.69, 9.17) is 0 Å². The van der Waals surface area contributed by atoms with Gasteiger partial charge in [-0.1, -0.05) is 20.8 Å². The van der Waals surface area contributed by atoms with Crippen LogP contribution in [0, 0.1) is 11.3 Å². The van der Waals surface area contributed by atoms with E-state index in [-0.39, 0.29) is 11.3 Å². The Balaban J connectivity index is 1.69. The molecule has 1 saturated heterocycles. The van der Waals surface area contributed by atoms with E-state index in [1.807, 2.05) is 20.8 Å². The molecule has 2 fully saturated rings. The fourth-order valence-corrected chi connectivity index (χ4v) is 2.30. The van der Waals surface area contributed by atoms with Crippen LogP contribution in [-0.2, 0) is 4.79 Å². The van der Waals surface area contributed by atoms with Gasteiger partial charge in [0.2, 0.25) is 5.91 Å². The predicted octanol–water partition coefficient (Wildman–Crippen LogP) is 1.63. The zero-order valence-electron chi connectivity index (χ0n) is 10.8. The summed E-state index contributed by atoms with van der Waals surface area (Å²) in [5.74, 6) is 0.851. The number of hydrogen-bond donors (Lipinski definition) is 1. The SMILES string of the molecule is CC(C)(C)C(=O)NCC1CCN(C2CC2)C1. The molecule has 1 aliphatic heterocycles. The molecule has 1 aliphatic carbocycles. The van der Waals surface area contributed by atoms with Crippen molar-refractivity contribution < 1.29 is 4.79 Å². The van der Waals surface area contributed by atoms with Crippen molar-refractivity contribution in [2.24, 2.45) is 11.3 Å². The highest BCUT2D eigenvalue weighted by Gasteiger charge is 2.34. The summed E-state index contributed by atoms with van der Waals surface area (Å²) in [4.78, 5) is 14.3. The van der Waals surface area contributed by atoms with Crippen molar-refractivity contribution in [2.45, 2.75) is 46.1 Å². The van der Waals surface area contributed by atoms with E-state index in [0.29, 0.717) is 5.92 Å².